The van der Waals surface area contributed by atoms with E-state index in [-0.39, 0.29) is 11.9 Å². The van der Waals surface area contributed by atoms with Crippen molar-refractivity contribution in [3.8, 4) is 0 Å². The fraction of sp³-hybridized carbons (Fsp3) is 0.556. The van der Waals surface area contributed by atoms with E-state index in [1.54, 1.807) is 0 Å². The third-order valence-electron chi connectivity index (χ3n) is 2.41. The predicted octanol–water partition coefficient (Wildman–Crippen LogP) is -0.204. The Kier molecular flexibility index (Phi) is 2.26. The van der Waals surface area contributed by atoms with Crippen molar-refractivity contribution in [2.45, 2.75) is 32.1 Å². The van der Waals surface area contributed by atoms with Crippen LogP contribution in [0.5, 0.6) is 0 Å². The van der Waals surface area contributed by atoms with Gasteiger partial charge in [-0.25, -0.2) is 4.79 Å². The van der Waals surface area contributed by atoms with Gasteiger partial charge in [0.25, 0.3) is 5.91 Å². The number of carbonyl (C=O) groups is 2. The van der Waals surface area contributed by atoms with Gasteiger partial charge in [-0.3, -0.25) is 25.0 Å². The van der Waals surface area contributed by atoms with Crippen LogP contribution in [0.25, 0.3) is 0 Å². The summed E-state index contributed by atoms with van der Waals surface area (Å²) >= 11 is 0. The van der Waals surface area contributed by atoms with Crippen LogP contribution in [0.15, 0.2) is 9.98 Å². The van der Waals surface area contributed by atoms with Crippen LogP contribution < -0.4 is 5.32 Å². The van der Waals surface area contributed by atoms with Crippen molar-refractivity contribution in [2.75, 3.05) is 0 Å². The predicted molar refractivity (Wildman–Crippen MR) is 55.1 cm³/mol. The van der Waals surface area contributed by atoms with Gasteiger partial charge in [0, 0.05) is 18.5 Å². The molecule has 6 heteroatoms. The standard InChI is InChI=1S/C9H12N4O2/c1-5(2)13-7-6(10-3-4-11-7)8(14)12-9(13)15/h3-7H,1-2H3,(H,12,14,15). The van der Waals surface area contributed by atoms with Gasteiger partial charge in [-0.15, -0.1) is 0 Å². The van der Waals surface area contributed by atoms with Gasteiger partial charge in [-0.1, -0.05) is 0 Å². The number of hydrogen-bond acceptors (Lipinski definition) is 4. The van der Waals surface area contributed by atoms with Crippen LogP contribution in [0.3, 0.4) is 0 Å². The molecule has 0 saturated carbocycles. The molecule has 3 amide bonds. The van der Waals surface area contributed by atoms with E-state index in [1.165, 1.54) is 17.3 Å². The number of aliphatic imine (C=N–C) groups is 2. The Balaban J connectivity index is 2.33. The number of hydrogen-bond donors (Lipinski definition) is 1. The first-order valence-corrected chi connectivity index (χ1v) is 4.79. The molecule has 1 fully saturated rings. The lowest BCUT2D eigenvalue weighted by Crippen LogP contribution is -2.64. The minimum Gasteiger partial charge on any atom is -0.297 e. The van der Waals surface area contributed by atoms with Gasteiger partial charge < -0.3 is 0 Å². The van der Waals surface area contributed by atoms with Gasteiger partial charge in [0.1, 0.15) is 0 Å². The molecule has 2 rings (SSSR count). The molecule has 15 heavy (non-hydrogen) atoms. The summed E-state index contributed by atoms with van der Waals surface area (Å²) in [6.45, 7) is 3.75. The van der Waals surface area contributed by atoms with Gasteiger partial charge in [0.15, 0.2) is 12.2 Å². The van der Waals surface area contributed by atoms with Crippen molar-refractivity contribution < 1.29 is 9.59 Å². The minimum atomic E-state index is -0.602. The van der Waals surface area contributed by atoms with Crippen molar-refractivity contribution in [2.24, 2.45) is 9.98 Å². The van der Waals surface area contributed by atoms with E-state index in [0.29, 0.717) is 0 Å². The highest BCUT2D eigenvalue weighted by Crippen LogP contribution is 2.19. The second-order valence-electron chi connectivity index (χ2n) is 3.75. The quantitative estimate of drug-likeness (QED) is 0.647. The molecule has 1 N–H and O–H groups in total. The minimum absolute atomic E-state index is 0.0175. The van der Waals surface area contributed by atoms with Gasteiger partial charge in [0.2, 0.25) is 0 Å². The largest absolute Gasteiger partial charge is 0.326 e. The smallest absolute Gasteiger partial charge is 0.297 e. The number of carbonyl (C=O) groups excluding carboxylic acids is 2. The molecular weight excluding hydrogens is 196 g/mol. The monoisotopic (exact) mass is 208 g/mol. The lowest BCUT2D eigenvalue weighted by atomic mass is 10.1. The molecule has 0 bridgehead atoms. The molecular formula is C9H12N4O2. The third-order valence-corrected chi connectivity index (χ3v) is 2.41. The van der Waals surface area contributed by atoms with Crippen LogP contribution in [-0.2, 0) is 4.79 Å². The Morgan fingerprint density at radius 2 is 2.00 bits per heavy atom. The maximum atomic E-state index is 11.6. The van der Waals surface area contributed by atoms with Crippen LogP contribution in [0, 0.1) is 0 Å². The van der Waals surface area contributed by atoms with E-state index in [2.05, 4.69) is 15.3 Å². The Labute approximate surface area is 87.1 Å². The van der Waals surface area contributed by atoms with Crippen molar-refractivity contribution in [1.82, 2.24) is 10.2 Å². The summed E-state index contributed by atoms with van der Waals surface area (Å²) in [5.74, 6) is -0.380. The van der Waals surface area contributed by atoms with Gasteiger partial charge in [-0.05, 0) is 13.8 Å². The molecule has 2 heterocycles. The molecule has 1 saturated heterocycles. The second-order valence-corrected chi connectivity index (χ2v) is 3.75. The molecule has 0 radical (unpaired) electrons. The van der Waals surface area contributed by atoms with Crippen LogP contribution in [0.2, 0.25) is 0 Å². The lowest BCUT2D eigenvalue weighted by molar-refractivity contribution is -0.124. The van der Waals surface area contributed by atoms with Crippen molar-refractivity contribution in [1.29, 1.82) is 0 Å². The zero-order valence-corrected chi connectivity index (χ0v) is 8.54. The van der Waals surface area contributed by atoms with E-state index in [9.17, 15) is 9.59 Å². The summed E-state index contributed by atoms with van der Waals surface area (Å²) in [6, 6.07) is -1.02. The summed E-state index contributed by atoms with van der Waals surface area (Å²) in [4.78, 5) is 32.7. The molecule has 0 spiro atoms. The Hall–Kier alpha value is -1.72. The Morgan fingerprint density at radius 3 is 2.67 bits per heavy atom. The fourth-order valence-electron chi connectivity index (χ4n) is 1.75. The van der Waals surface area contributed by atoms with Crippen molar-refractivity contribution in [3.05, 3.63) is 0 Å². The van der Waals surface area contributed by atoms with E-state index in [4.69, 9.17) is 0 Å². The van der Waals surface area contributed by atoms with Crippen LogP contribution in [0.4, 0.5) is 4.79 Å². The highest BCUT2D eigenvalue weighted by molar-refractivity contribution is 6.18. The highest BCUT2D eigenvalue weighted by Gasteiger charge is 2.42. The molecule has 2 aliphatic heterocycles. The number of imide groups is 1. The average molecular weight is 208 g/mol. The van der Waals surface area contributed by atoms with E-state index >= 15 is 0 Å². The highest BCUT2D eigenvalue weighted by atomic mass is 16.2. The maximum Gasteiger partial charge on any atom is 0.326 e. The van der Waals surface area contributed by atoms with E-state index in [1.807, 2.05) is 13.8 Å². The average Bonchev–Trinajstić information content (AvgIpc) is 2.17. The topological polar surface area (TPSA) is 74.1 Å². The fourth-order valence-corrected chi connectivity index (χ4v) is 1.75. The molecule has 0 aromatic rings. The van der Waals surface area contributed by atoms with Crippen LogP contribution in [0.1, 0.15) is 13.8 Å². The van der Waals surface area contributed by atoms with Crippen molar-refractivity contribution >= 4 is 24.4 Å². The number of nitrogens with one attached hydrogen (secondary N) is 1. The summed E-state index contributed by atoms with van der Waals surface area (Å²) in [7, 11) is 0. The number of rotatable bonds is 1. The molecule has 2 atom stereocenters. The second kappa shape index (κ2) is 3.45. The van der Waals surface area contributed by atoms with Crippen LogP contribution >= 0.6 is 0 Å². The summed E-state index contributed by atoms with van der Waals surface area (Å²) < 4.78 is 0. The van der Waals surface area contributed by atoms with Gasteiger partial charge in [-0.2, -0.15) is 0 Å². The summed E-state index contributed by atoms with van der Waals surface area (Å²) in [5, 5.41) is 2.27. The van der Waals surface area contributed by atoms with Gasteiger partial charge >= 0.3 is 6.03 Å². The first-order chi connectivity index (χ1) is 7.11. The summed E-state index contributed by atoms with van der Waals surface area (Å²) in [6.07, 6.45) is 2.51. The number of fused-ring (bicyclic) bond motifs is 1. The molecule has 6 nitrogen and oxygen atoms in total. The SMILES string of the molecule is CC(C)N1C(=O)NC(=O)C2N=CC=NC21. The van der Waals surface area contributed by atoms with Crippen LogP contribution in [-0.4, -0.2) is 47.5 Å². The number of amides is 3. The molecule has 2 unspecified atom stereocenters. The first kappa shape index (κ1) is 9.82. The Morgan fingerprint density at radius 1 is 1.33 bits per heavy atom. The molecule has 2 aliphatic rings. The molecule has 0 aliphatic carbocycles. The number of urea groups is 1. The van der Waals surface area contributed by atoms with E-state index in [0.717, 1.165) is 0 Å². The number of nitrogens with zero attached hydrogens (tertiary/aromatic N) is 3. The van der Waals surface area contributed by atoms with Crippen molar-refractivity contribution in [3.63, 3.8) is 0 Å². The third kappa shape index (κ3) is 1.51. The lowest BCUT2D eigenvalue weighted by Gasteiger charge is -2.39. The normalized spacial score (nSPS) is 29.4. The first-order valence-electron chi connectivity index (χ1n) is 4.79. The summed E-state index contributed by atoms with van der Waals surface area (Å²) in [5.41, 5.74) is 0. The molecule has 0 aromatic carbocycles. The molecule has 0 aromatic heterocycles. The maximum absolute atomic E-state index is 11.6. The van der Waals surface area contributed by atoms with E-state index < -0.39 is 18.2 Å². The molecule has 80 valence electrons. The zero-order chi connectivity index (χ0) is 11.0. The Bertz CT molecular complexity index is 361. The zero-order valence-electron chi connectivity index (χ0n) is 8.54. The van der Waals surface area contributed by atoms with Gasteiger partial charge in [0.05, 0.1) is 0 Å².